The van der Waals surface area contributed by atoms with Crippen LogP contribution in [0.4, 0.5) is 20.8 Å². The highest BCUT2D eigenvalue weighted by Gasteiger charge is 2.43. The van der Waals surface area contributed by atoms with Crippen molar-refractivity contribution in [2.45, 2.75) is 38.1 Å². The van der Waals surface area contributed by atoms with Gasteiger partial charge in [0.05, 0.1) is 30.4 Å². The number of hydrogen-bond donors (Lipinski definition) is 4. The maximum atomic E-state index is 15.6. The van der Waals surface area contributed by atoms with Crippen molar-refractivity contribution in [3.8, 4) is 22.6 Å². The summed E-state index contributed by atoms with van der Waals surface area (Å²) in [5, 5.41) is 5.82. The van der Waals surface area contributed by atoms with Crippen molar-refractivity contribution in [3.05, 3.63) is 41.1 Å². The summed E-state index contributed by atoms with van der Waals surface area (Å²) in [6.07, 6.45) is 3.74. The van der Waals surface area contributed by atoms with E-state index in [1.165, 1.54) is 25.4 Å². The van der Waals surface area contributed by atoms with E-state index in [1.807, 2.05) is 6.92 Å². The summed E-state index contributed by atoms with van der Waals surface area (Å²) in [5.41, 5.74) is 0.658. The molecular formula is C23H27ClFN7O4S. The Balaban J connectivity index is 1.73. The summed E-state index contributed by atoms with van der Waals surface area (Å²) in [4.78, 5) is 28.2. The number of nitrogens with zero attached hydrogens (tertiary/aromatic N) is 3. The number of aromatic amines is 1. The highest BCUT2D eigenvalue weighted by Crippen LogP contribution is 2.48. The van der Waals surface area contributed by atoms with Gasteiger partial charge in [-0.3, -0.25) is 4.72 Å². The number of amides is 1. The number of carbonyl (C=O) groups is 1. The molecule has 1 atom stereocenters. The van der Waals surface area contributed by atoms with Gasteiger partial charge in [0.1, 0.15) is 11.5 Å². The van der Waals surface area contributed by atoms with E-state index >= 15 is 4.39 Å². The lowest BCUT2D eigenvalue weighted by Gasteiger charge is -2.14. The predicted molar refractivity (Wildman–Crippen MR) is 139 cm³/mol. The fourth-order valence-corrected chi connectivity index (χ4v) is 4.40. The number of carbonyl (C=O) groups excluding carboxylic acids is 1. The summed E-state index contributed by atoms with van der Waals surface area (Å²) < 4.78 is 45.9. The van der Waals surface area contributed by atoms with Crippen LogP contribution in [0.3, 0.4) is 0 Å². The smallest absolute Gasteiger partial charge is 0.407 e. The number of ether oxygens (including phenoxy) is 1. The molecule has 198 valence electrons. The zero-order valence-electron chi connectivity index (χ0n) is 20.6. The standard InChI is InChI=1S/C23H27ClFN7O4S/c1-12(28-22(33)36-3)11-27-21-26-8-5-15(29-21)19-18(30-20(31-19)23(2)6-7-23)14-9-13(24)10-16(17(14)25)32-37(4,34)35/h5,8-10,12,32H,6-7,11H2,1-4H3,(H,28,33)(H,30,31)(H,26,27,29)/t12-/m0/s1. The Morgan fingerprint density at radius 3 is 2.70 bits per heavy atom. The highest BCUT2D eigenvalue weighted by atomic mass is 35.5. The molecule has 0 unspecified atom stereocenters. The van der Waals surface area contributed by atoms with Crippen LogP contribution in [0, 0.1) is 5.82 Å². The summed E-state index contributed by atoms with van der Waals surface area (Å²) in [6.45, 7) is 4.15. The third-order valence-electron chi connectivity index (χ3n) is 5.89. The van der Waals surface area contributed by atoms with Crippen molar-refractivity contribution < 1.29 is 22.3 Å². The fraction of sp³-hybridized carbons (Fsp3) is 0.391. The van der Waals surface area contributed by atoms with E-state index in [2.05, 4.69) is 35.0 Å². The molecule has 2 heterocycles. The number of halogens is 2. The average Bonchev–Trinajstić information content (AvgIpc) is 3.42. The molecule has 1 fully saturated rings. The van der Waals surface area contributed by atoms with Gasteiger partial charge in [0.15, 0.2) is 5.82 Å². The molecule has 0 aliphatic heterocycles. The minimum Gasteiger partial charge on any atom is -0.453 e. The van der Waals surface area contributed by atoms with Crippen LogP contribution in [0.15, 0.2) is 24.4 Å². The van der Waals surface area contributed by atoms with E-state index in [-0.39, 0.29) is 39.4 Å². The Hall–Kier alpha value is -3.45. The van der Waals surface area contributed by atoms with Gasteiger partial charge in [-0.25, -0.2) is 32.6 Å². The topological polar surface area (TPSA) is 151 Å². The third-order valence-corrected chi connectivity index (χ3v) is 6.70. The van der Waals surface area contributed by atoms with Gasteiger partial charge in [0, 0.05) is 34.8 Å². The van der Waals surface area contributed by atoms with E-state index < -0.39 is 21.9 Å². The zero-order valence-corrected chi connectivity index (χ0v) is 22.2. The second-order valence-corrected chi connectivity index (χ2v) is 11.4. The van der Waals surface area contributed by atoms with E-state index in [4.69, 9.17) is 16.6 Å². The molecule has 1 amide bonds. The number of aromatic nitrogens is 4. The van der Waals surface area contributed by atoms with Crippen molar-refractivity contribution >= 4 is 39.4 Å². The lowest BCUT2D eigenvalue weighted by Crippen LogP contribution is -2.37. The molecule has 37 heavy (non-hydrogen) atoms. The number of benzene rings is 1. The Morgan fingerprint density at radius 1 is 1.32 bits per heavy atom. The first-order chi connectivity index (χ1) is 17.4. The van der Waals surface area contributed by atoms with Crippen LogP contribution >= 0.6 is 11.6 Å². The molecule has 14 heteroatoms. The maximum absolute atomic E-state index is 15.6. The number of alkyl carbamates (subject to hydrolysis) is 1. The first-order valence-electron chi connectivity index (χ1n) is 11.4. The van der Waals surface area contributed by atoms with Gasteiger partial charge in [0.25, 0.3) is 0 Å². The van der Waals surface area contributed by atoms with Crippen LogP contribution in [0.2, 0.25) is 5.02 Å². The summed E-state index contributed by atoms with van der Waals surface area (Å²) in [7, 11) is -2.47. The van der Waals surface area contributed by atoms with Gasteiger partial charge < -0.3 is 20.4 Å². The van der Waals surface area contributed by atoms with Crippen molar-refractivity contribution in [3.63, 3.8) is 0 Å². The molecule has 0 spiro atoms. The van der Waals surface area contributed by atoms with Gasteiger partial charge in [-0.05, 0) is 38.0 Å². The molecule has 1 aliphatic rings. The van der Waals surface area contributed by atoms with Crippen LogP contribution in [0.1, 0.15) is 32.5 Å². The quantitative estimate of drug-likeness (QED) is 0.312. The monoisotopic (exact) mass is 551 g/mol. The number of anilines is 2. The van der Waals surface area contributed by atoms with Crippen molar-refractivity contribution in [1.82, 2.24) is 25.3 Å². The molecule has 2 aromatic heterocycles. The first-order valence-corrected chi connectivity index (χ1v) is 13.6. The van der Waals surface area contributed by atoms with Gasteiger partial charge in [-0.1, -0.05) is 18.5 Å². The number of rotatable bonds is 9. The summed E-state index contributed by atoms with van der Waals surface area (Å²) in [6, 6.07) is 3.97. The van der Waals surface area contributed by atoms with Crippen LogP contribution < -0.4 is 15.4 Å². The van der Waals surface area contributed by atoms with Crippen LogP contribution in [0.5, 0.6) is 0 Å². The normalized spacial score (nSPS) is 15.1. The lowest BCUT2D eigenvalue weighted by atomic mass is 10.1. The zero-order chi connectivity index (χ0) is 27.0. The molecule has 0 radical (unpaired) electrons. The van der Waals surface area contributed by atoms with Gasteiger partial charge in [-0.2, -0.15) is 0 Å². The van der Waals surface area contributed by atoms with E-state index in [0.29, 0.717) is 23.8 Å². The second kappa shape index (κ2) is 10.1. The van der Waals surface area contributed by atoms with Crippen LogP contribution in [-0.4, -0.2) is 60.4 Å². The molecule has 4 N–H and O–H groups in total. The first kappa shape index (κ1) is 26.6. The van der Waals surface area contributed by atoms with E-state index in [1.54, 1.807) is 13.0 Å². The third kappa shape index (κ3) is 6.28. The molecule has 3 aromatic rings. The molecule has 11 nitrogen and oxygen atoms in total. The summed E-state index contributed by atoms with van der Waals surface area (Å²) >= 11 is 6.24. The van der Waals surface area contributed by atoms with Gasteiger partial charge in [-0.15, -0.1) is 0 Å². The number of hydrogen-bond acceptors (Lipinski definition) is 8. The second-order valence-electron chi connectivity index (χ2n) is 9.24. The van der Waals surface area contributed by atoms with E-state index in [9.17, 15) is 13.2 Å². The Bertz CT molecular complexity index is 1440. The van der Waals surface area contributed by atoms with Crippen molar-refractivity contribution in [1.29, 1.82) is 0 Å². The number of nitrogens with one attached hydrogen (secondary N) is 4. The largest absolute Gasteiger partial charge is 0.453 e. The summed E-state index contributed by atoms with van der Waals surface area (Å²) in [5.74, 6) is 0.130. The van der Waals surface area contributed by atoms with Crippen LogP contribution in [0.25, 0.3) is 22.6 Å². The Kier molecular flexibility index (Phi) is 7.29. The Morgan fingerprint density at radius 2 is 2.05 bits per heavy atom. The van der Waals surface area contributed by atoms with Gasteiger partial charge >= 0.3 is 6.09 Å². The predicted octanol–water partition coefficient (Wildman–Crippen LogP) is 3.91. The van der Waals surface area contributed by atoms with E-state index in [0.717, 1.165) is 19.1 Å². The molecule has 1 aliphatic carbocycles. The fourth-order valence-electron chi connectivity index (χ4n) is 3.64. The molecular weight excluding hydrogens is 525 g/mol. The Labute approximate surface area is 218 Å². The molecule has 1 saturated carbocycles. The minimum atomic E-state index is -3.75. The molecule has 4 rings (SSSR count). The SMILES string of the molecule is COC(=O)N[C@@H](C)CNc1nccc(-c2[nH]c(C3(C)CC3)nc2-c2cc(Cl)cc(NS(C)(=O)=O)c2F)n1. The number of H-pyrrole nitrogens is 1. The molecule has 0 saturated heterocycles. The van der Waals surface area contributed by atoms with Crippen LogP contribution in [-0.2, 0) is 20.2 Å². The molecule has 0 bridgehead atoms. The van der Waals surface area contributed by atoms with Gasteiger partial charge in [0.2, 0.25) is 16.0 Å². The minimum absolute atomic E-state index is 0.0180. The number of sulfonamides is 1. The average molecular weight is 552 g/mol. The number of methoxy groups -OCH3 is 1. The highest BCUT2D eigenvalue weighted by molar-refractivity contribution is 7.92. The molecule has 1 aromatic carbocycles. The maximum Gasteiger partial charge on any atom is 0.407 e. The number of imidazole rings is 1. The van der Waals surface area contributed by atoms with Crippen molar-refractivity contribution in [2.24, 2.45) is 0 Å². The lowest BCUT2D eigenvalue weighted by molar-refractivity contribution is 0.168. The van der Waals surface area contributed by atoms with Crippen molar-refractivity contribution in [2.75, 3.05) is 29.9 Å².